The van der Waals surface area contributed by atoms with E-state index in [0.717, 1.165) is 47.9 Å². The zero-order chi connectivity index (χ0) is 23.9. The normalized spacial score (nSPS) is 28.8. The van der Waals surface area contributed by atoms with Gasteiger partial charge in [-0.25, -0.2) is 4.99 Å². The number of fused-ring (bicyclic) bond motifs is 1. The van der Waals surface area contributed by atoms with E-state index in [1.54, 1.807) is 7.11 Å². The van der Waals surface area contributed by atoms with Gasteiger partial charge < -0.3 is 20.2 Å². The summed E-state index contributed by atoms with van der Waals surface area (Å²) < 4.78 is 5.66. The van der Waals surface area contributed by atoms with Crippen molar-refractivity contribution in [1.29, 1.82) is 0 Å². The first kappa shape index (κ1) is 22.6. The Labute approximate surface area is 201 Å². The predicted molar refractivity (Wildman–Crippen MR) is 137 cm³/mol. The summed E-state index contributed by atoms with van der Waals surface area (Å²) in [4.78, 5) is 11.5. The second-order valence-corrected chi connectivity index (χ2v) is 9.64. The maximum atomic E-state index is 11.8. The van der Waals surface area contributed by atoms with Crippen LogP contribution in [0.5, 0.6) is 5.75 Å². The summed E-state index contributed by atoms with van der Waals surface area (Å²) in [5, 5.41) is 13.9. The lowest BCUT2D eigenvalue weighted by atomic mass is 9.76. The third-order valence-corrected chi connectivity index (χ3v) is 7.21. The van der Waals surface area contributed by atoms with Crippen LogP contribution < -0.4 is 15.1 Å². The van der Waals surface area contributed by atoms with E-state index in [-0.39, 0.29) is 6.04 Å². The lowest BCUT2D eigenvalue weighted by molar-refractivity contribution is -0.140. The Kier molecular flexibility index (Phi) is 5.70. The zero-order valence-corrected chi connectivity index (χ0v) is 20.3. The number of methoxy groups -OCH3 is 1. The Balaban J connectivity index is 1.40. The number of nitrogens with one attached hydrogen (secondary N) is 1. The number of nitrogens with zero attached hydrogens (tertiary/aromatic N) is 4. The molecule has 0 bridgehead atoms. The first-order valence-electron chi connectivity index (χ1n) is 11.9. The van der Waals surface area contributed by atoms with Gasteiger partial charge in [0.05, 0.1) is 25.2 Å². The summed E-state index contributed by atoms with van der Waals surface area (Å²) in [5.74, 6) is 1.54. The molecule has 0 aromatic heterocycles. The van der Waals surface area contributed by atoms with E-state index in [2.05, 4.69) is 46.3 Å². The maximum Gasteiger partial charge on any atom is 0.161 e. The second kappa shape index (κ2) is 8.56. The van der Waals surface area contributed by atoms with Crippen LogP contribution >= 0.6 is 0 Å². The Morgan fingerprint density at radius 1 is 1.18 bits per heavy atom. The molecular formula is C27H33N5O2. The predicted octanol–water partition coefficient (Wildman–Crippen LogP) is 3.87. The minimum Gasteiger partial charge on any atom is -0.495 e. The van der Waals surface area contributed by atoms with Gasteiger partial charge in [-0.1, -0.05) is 42.0 Å². The number of aliphatic imine (C=N–C) groups is 2. The maximum absolute atomic E-state index is 11.8. The molecule has 7 heteroatoms. The van der Waals surface area contributed by atoms with Crippen LogP contribution in [0.15, 0.2) is 58.5 Å². The van der Waals surface area contributed by atoms with Crippen LogP contribution in [0.2, 0.25) is 0 Å². The Morgan fingerprint density at radius 3 is 2.68 bits per heavy atom. The largest absolute Gasteiger partial charge is 0.495 e. The fourth-order valence-electron chi connectivity index (χ4n) is 5.15. The second-order valence-electron chi connectivity index (χ2n) is 9.64. The lowest BCUT2D eigenvalue weighted by Gasteiger charge is -2.49. The SMILES string of the molecule is COc1cc(/C=C/C2=NC3(C)N(CCC[C@]3(O)c3ccc(C)cc3)N2)ccc1N1C=NC(C)C1. The van der Waals surface area contributed by atoms with Crippen molar-refractivity contribution >= 4 is 23.9 Å². The van der Waals surface area contributed by atoms with Crippen LogP contribution in [0.3, 0.4) is 0 Å². The van der Waals surface area contributed by atoms with Crippen molar-refractivity contribution in [3.63, 3.8) is 0 Å². The summed E-state index contributed by atoms with van der Waals surface area (Å²) in [6, 6.07) is 14.6. The topological polar surface area (TPSA) is 72.7 Å². The van der Waals surface area contributed by atoms with Crippen molar-refractivity contribution in [2.24, 2.45) is 9.98 Å². The minimum atomic E-state index is -1.07. The molecule has 1 fully saturated rings. The van der Waals surface area contributed by atoms with Gasteiger partial charge in [-0.05, 0) is 62.9 Å². The van der Waals surface area contributed by atoms with Crippen molar-refractivity contribution in [3.05, 3.63) is 65.2 Å². The van der Waals surface area contributed by atoms with Crippen molar-refractivity contribution < 1.29 is 9.84 Å². The molecule has 0 amide bonds. The number of aliphatic hydroxyl groups is 1. The fraction of sp³-hybridized carbons (Fsp3) is 0.407. The summed E-state index contributed by atoms with van der Waals surface area (Å²) in [6.45, 7) is 7.84. The highest BCUT2D eigenvalue weighted by Gasteiger charge is 2.57. The monoisotopic (exact) mass is 459 g/mol. The highest BCUT2D eigenvalue weighted by Crippen LogP contribution is 2.46. The number of benzene rings is 2. The molecule has 0 radical (unpaired) electrons. The molecule has 2 aromatic carbocycles. The van der Waals surface area contributed by atoms with Gasteiger partial charge in [-0.3, -0.25) is 4.99 Å². The molecule has 3 aliphatic heterocycles. The highest BCUT2D eigenvalue weighted by molar-refractivity contribution is 5.97. The first-order chi connectivity index (χ1) is 16.3. The molecule has 1 saturated heterocycles. The molecule has 34 heavy (non-hydrogen) atoms. The van der Waals surface area contributed by atoms with Crippen LogP contribution in [0.1, 0.15) is 43.4 Å². The molecule has 3 aliphatic rings. The van der Waals surface area contributed by atoms with E-state index in [4.69, 9.17) is 9.73 Å². The van der Waals surface area contributed by atoms with Gasteiger partial charge >= 0.3 is 0 Å². The molecule has 5 rings (SSSR count). The van der Waals surface area contributed by atoms with Gasteiger partial charge in [0.1, 0.15) is 17.2 Å². The third-order valence-electron chi connectivity index (χ3n) is 7.21. The van der Waals surface area contributed by atoms with Crippen LogP contribution in [0, 0.1) is 6.92 Å². The molecule has 178 valence electrons. The summed E-state index contributed by atoms with van der Waals surface area (Å²) in [5.41, 5.74) is 5.66. The van der Waals surface area contributed by atoms with E-state index in [1.807, 2.05) is 55.7 Å². The molecule has 0 saturated carbocycles. The molecule has 2 aromatic rings. The molecule has 0 spiro atoms. The highest BCUT2D eigenvalue weighted by atomic mass is 16.5. The van der Waals surface area contributed by atoms with E-state index in [9.17, 15) is 5.11 Å². The average Bonchev–Trinajstić information content (AvgIpc) is 3.41. The van der Waals surface area contributed by atoms with Crippen molar-refractivity contribution in [1.82, 2.24) is 10.4 Å². The van der Waals surface area contributed by atoms with E-state index < -0.39 is 11.3 Å². The fourth-order valence-corrected chi connectivity index (χ4v) is 5.15. The average molecular weight is 460 g/mol. The van der Waals surface area contributed by atoms with Crippen molar-refractivity contribution in [2.75, 3.05) is 25.1 Å². The molecule has 3 heterocycles. The number of hydrogen-bond donors (Lipinski definition) is 2. The Morgan fingerprint density at radius 2 is 1.97 bits per heavy atom. The number of amidine groups is 1. The third kappa shape index (κ3) is 3.79. The van der Waals surface area contributed by atoms with Crippen molar-refractivity contribution in [2.45, 2.75) is 50.9 Å². The molecule has 2 unspecified atom stereocenters. The quantitative estimate of drug-likeness (QED) is 0.710. The Hall–Kier alpha value is -3.16. The number of hydrogen-bond acceptors (Lipinski definition) is 7. The van der Waals surface area contributed by atoms with Crippen LogP contribution in [-0.4, -0.2) is 54.2 Å². The number of aryl methyl sites for hydroxylation is 1. The van der Waals surface area contributed by atoms with E-state index in [0.29, 0.717) is 6.42 Å². The van der Waals surface area contributed by atoms with Gasteiger partial charge in [0, 0.05) is 13.1 Å². The minimum absolute atomic E-state index is 0.286. The summed E-state index contributed by atoms with van der Waals surface area (Å²) in [7, 11) is 1.69. The standard InChI is InChI=1S/C27H33N5O2/c1-19-6-10-22(11-7-19)27(33)14-5-15-32-26(27,3)29-25(30-32)13-9-21-8-12-23(24(16-21)34-4)31-17-20(2)28-18-31/h6-13,16,18,20,33H,5,14-15,17H2,1-4H3,(H,29,30)/b13-9+/t20?,26?,27-/m0/s1. The van der Waals surface area contributed by atoms with Gasteiger partial charge in [-0.2, -0.15) is 5.01 Å². The first-order valence-corrected chi connectivity index (χ1v) is 11.9. The van der Waals surface area contributed by atoms with Crippen LogP contribution in [-0.2, 0) is 5.60 Å². The van der Waals surface area contributed by atoms with Crippen LogP contribution in [0.4, 0.5) is 5.69 Å². The molecule has 3 atom stereocenters. The molecular weight excluding hydrogens is 426 g/mol. The van der Waals surface area contributed by atoms with Gasteiger partial charge in [0.15, 0.2) is 5.66 Å². The number of anilines is 1. The zero-order valence-electron chi connectivity index (χ0n) is 20.3. The van der Waals surface area contributed by atoms with Crippen molar-refractivity contribution in [3.8, 4) is 5.75 Å². The van der Waals surface area contributed by atoms with E-state index >= 15 is 0 Å². The van der Waals surface area contributed by atoms with Crippen LogP contribution in [0.25, 0.3) is 6.08 Å². The number of piperidine rings is 1. The van der Waals surface area contributed by atoms with E-state index in [1.165, 1.54) is 5.56 Å². The summed E-state index contributed by atoms with van der Waals surface area (Å²) in [6.07, 6.45) is 7.42. The number of hydrazine groups is 1. The lowest BCUT2D eigenvalue weighted by Crippen LogP contribution is -2.63. The van der Waals surface area contributed by atoms with Gasteiger partial charge in [0.2, 0.25) is 0 Å². The smallest absolute Gasteiger partial charge is 0.161 e. The molecule has 7 nitrogen and oxygen atoms in total. The van der Waals surface area contributed by atoms with Gasteiger partial charge in [0.25, 0.3) is 0 Å². The molecule has 2 N–H and O–H groups in total. The molecule has 0 aliphatic carbocycles. The summed E-state index contributed by atoms with van der Waals surface area (Å²) >= 11 is 0. The number of rotatable bonds is 5. The Bertz CT molecular complexity index is 1160. The number of ether oxygens (including phenoxy) is 1. The van der Waals surface area contributed by atoms with Gasteiger partial charge in [-0.15, -0.1) is 0 Å².